The summed E-state index contributed by atoms with van der Waals surface area (Å²) in [5, 5.41) is 3.61. The summed E-state index contributed by atoms with van der Waals surface area (Å²) in [6.07, 6.45) is 0. The van der Waals surface area contributed by atoms with Crippen molar-refractivity contribution in [3.8, 4) is 0 Å². The first-order chi connectivity index (χ1) is 10.8. The molecule has 0 radical (unpaired) electrons. The number of pyridine rings is 1. The Bertz CT molecular complexity index is 794. The molecule has 5 nitrogen and oxygen atoms in total. The monoisotopic (exact) mass is 374 g/mol. The molecule has 0 bridgehead atoms. The van der Waals surface area contributed by atoms with Gasteiger partial charge in [0, 0.05) is 0 Å². The lowest BCUT2D eigenvalue weighted by Gasteiger charge is -2.08. The Morgan fingerprint density at radius 2 is 1.83 bits per heavy atom. The van der Waals surface area contributed by atoms with Gasteiger partial charge in [-0.2, -0.15) is 5.10 Å². The molecule has 0 saturated carbocycles. The number of carbonyl (C=O) groups is 1. The van der Waals surface area contributed by atoms with E-state index in [9.17, 15) is 9.18 Å². The minimum absolute atomic E-state index is 0.0285. The van der Waals surface area contributed by atoms with Gasteiger partial charge in [-0.15, -0.1) is 0 Å². The Kier molecular flexibility index (Phi) is 5.41. The van der Waals surface area contributed by atoms with Crippen LogP contribution in [-0.2, 0) is 0 Å². The van der Waals surface area contributed by atoms with Gasteiger partial charge in [0.2, 0.25) is 0 Å². The van der Waals surface area contributed by atoms with E-state index in [1.165, 1.54) is 24.3 Å². The van der Waals surface area contributed by atoms with E-state index in [0.29, 0.717) is 11.3 Å². The average molecular weight is 376 g/mol. The predicted octanol–water partition coefficient (Wildman–Crippen LogP) is 3.92. The Hall–Kier alpha value is -1.89. The molecule has 1 aromatic heterocycles. The minimum Gasteiger partial charge on any atom is -0.396 e. The first kappa shape index (κ1) is 17.5. The molecular weight excluding hydrogens is 366 g/mol. The molecule has 1 heterocycles. The van der Waals surface area contributed by atoms with Crippen LogP contribution in [0.4, 0.5) is 10.1 Å². The number of halogens is 4. The fourth-order valence-electron chi connectivity index (χ4n) is 1.63. The number of nitrogens with two attached hydrogens (primary N) is 1. The van der Waals surface area contributed by atoms with Crippen molar-refractivity contribution in [1.82, 2.24) is 10.4 Å². The summed E-state index contributed by atoms with van der Waals surface area (Å²) in [4.78, 5) is 15.9. The van der Waals surface area contributed by atoms with E-state index >= 15 is 0 Å². The number of rotatable bonds is 3. The summed E-state index contributed by atoms with van der Waals surface area (Å²) in [7, 11) is 0. The molecule has 0 spiro atoms. The van der Waals surface area contributed by atoms with E-state index in [0.717, 1.165) is 0 Å². The van der Waals surface area contributed by atoms with E-state index in [1.807, 2.05) is 0 Å². The van der Waals surface area contributed by atoms with Gasteiger partial charge in [-0.1, -0.05) is 46.9 Å². The summed E-state index contributed by atoms with van der Waals surface area (Å²) in [6.45, 7) is 1.64. The highest BCUT2D eigenvalue weighted by molar-refractivity contribution is 6.46. The molecule has 1 amide bonds. The molecule has 0 aliphatic rings. The van der Waals surface area contributed by atoms with Crippen LogP contribution in [0.1, 0.15) is 23.0 Å². The van der Waals surface area contributed by atoms with Crippen LogP contribution < -0.4 is 11.2 Å². The maximum atomic E-state index is 12.9. The Balaban J connectivity index is 2.23. The van der Waals surface area contributed by atoms with Crippen LogP contribution in [0.25, 0.3) is 0 Å². The molecule has 0 aliphatic heterocycles. The van der Waals surface area contributed by atoms with Gasteiger partial charge in [-0.3, -0.25) is 4.79 Å². The third-order valence-corrected chi connectivity index (χ3v) is 4.01. The second kappa shape index (κ2) is 7.12. The number of hydrazone groups is 1. The van der Waals surface area contributed by atoms with Crippen LogP contribution in [0.5, 0.6) is 0 Å². The zero-order chi connectivity index (χ0) is 17.1. The highest BCUT2D eigenvalue weighted by atomic mass is 35.5. The molecule has 0 fully saturated rings. The van der Waals surface area contributed by atoms with Crippen LogP contribution >= 0.6 is 34.8 Å². The number of amides is 1. The number of anilines is 1. The lowest BCUT2D eigenvalue weighted by molar-refractivity contribution is 0.0950. The number of carbonyl (C=O) groups excluding carboxylic acids is 1. The van der Waals surface area contributed by atoms with Crippen LogP contribution in [-0.4, -0.2) is 16.6 Å². The highest BCUT2D eigenvalue weighted by Gasteiger charge is 2.19. The van der Waals surface area contributed by atoms with Gasteiger partial charge in [0.1, 0.15) is 10.8 Å². The number of benzene rings is 1. The van der Waals surface area contributed by atoms with Crippen molar-refractivity contribution in [3.63, 3.8) is 0 Å². The van der Waals surface area contributed by atoms with Gasteiger partial charge >= 0.3 is 0 Å². The summed E-state index contributed by atoms with van der Waals surface area (Å²) in [5.74, 6) is -1.07. The second-order valence-corrected chi connectivity index (χ2v) is 5.55. The lowest BCUT2D eigenvalue weighted by Crippen LogP contribution is -2.21. The van der Waals surface area contributed by atoms with Crippen molar-refractivity contribution in [2.24, 2.45) is 5.10 Å². The maximum absolute atomic E-state index is 12.9. The lowest BCUT2D eigenvalue weighted by atomic mass is 10.1. The zero-order valence-electron chi connectivity index (χ0n) is 11.7. The largest absolute Gasteiger partial charge is 0.396 e. The van der Waals surface area contributed by atoms with Gasteiger partial charge < -0.3 is 5.73 Å². The second-order valence-electron chi connectivity index (χ2n) is 4.44. The number of nitrogen functional groups attached to an aromatic ring is 1. The van der Waals surface area contributed by atoms with Crippen molar-refractivity contribution in [3.05, 3.63) is 56.5 Å². The molecule has 9 heteroatoms. The Morgan fingerprint density at radius 3 is 2.43 bits per heavy atom. The van der Waals surface area contributed by atoms with Crippen molar-refractivity contribution >= 4 is 52.1 Å². The third-order valence-electron chi connectivity index (χ3n) is 2.87. The zero-order valence-corrected chi connectivity index (χ0v) is 14.0. The van der Waals surface area contributed by atoms with Crippen LogP contribution in [0.3, 0.4) is 0 Å². The Labute approximate surface area is 146 Å². The SMILES string of the molecule is C/C(=N\NC(=O)c1nc(Cl)c(Cl)c(N)c1Cl)c1ccc(F)cc1. The van der Waals surface area contributed by atoms with Crippen LogP contribution in [0.15, 0.2) is 29.4 Å². The van der Waals surface area contributed by atoms with Gasteiger partial charge in [-0.05, 0) is 24.6 Å². The standard InChI is InChI=1S/C14H10Cl3FN4O/c1-6(7-2-4-8(18)5-3-7)21-22-14(23)12-9(15)11(19)10(16)13(17)20-12/h2-5H,1H3,(H2,19,20)(H,22,23)/b21-6+. The minimum atomic E-state index is -0.707. The average Bonchev–Trinajstić information content (AvgIpc) is 2.54. The number of hydrogen-bond acceptors (Lipinski definition) is 4. The molecule has 1 aromatic carbocycles. The number of aromatic nitrogens is 1. The van der Waals surface area contributed by atoms with E-state index in [-0.39, 0.29) is 32.4 Å². The molecule has 2 rings (SSSR count). The quantitative estimate of drug-likeness (QED) is 0.485. The number of nitrogens with zero attached hydrogens (tertiary/aromatic N) is 2. The van der Waals surface area contributed by atoms with E-state index in [2.05, 4.69) is 15.5 Å². The molecular formula is C14H10Cl3FN4O. The third kappa shape index (κ3) is 3.90. The van der Waals surface area contributed by atoms with Gasteiger partial charge in [0.15, 0.2) is 10.8 Å². The van der Waals surface area contributed by atoms with Crippen LogP contribution in [0, 0.1) is 5.82 Å². The van der Waals surface area contributed by atoms with Gasteiger partial charge in [0.25, 0.3) is 5.91 Å². The van der Waals surface area contributed by atoms with E-state index in [4.69, 9.17) is 40.5 Å². The van der Waals surface area contributed by atoms with Crippen molar-refractivity contribution in [1.29, 1.82) is 0 Å². The fourth-order valence-corrected chi connectivity index (χ4v) is 2.22. The van der Waals surface area contributed by atoms with E-state index in [1.54, 1.807) is 6.92 Å². The molecule has 120 valence electrons. The maximum Gasteiger partial charge on any atom is 0.291 e. The van der Waals surface area contributed by atoms with Crippen molar-refractivity contribution < 1.29 is 9.18 Å². The molecule has 0 aliphatic carbocycles. The van der Waals surface area contributed by atoms with Crippen molar-refractivity contribution in [2.75, 3.05) is 5.73 Å². The topological polar surface area (TPSA) is 80.4 Å². The molecule has 0 unspecified atom stereocenters. The Morgan fingerprint density at radius 1 is 1.22 bits per heavy atom. The van der Waals surface area contributed by atoms with Crippen molar-refractivity contribution in [2.45, 2.75) is 6.92 Å². The van der Waals surface area contributed by atoms with Gasteiger partial charge in [-0.25, -0.2) is 14.8 Å². The smallest absolute Gasteiger partial charge is 0.291 e. The summed E-state index contributed by atoms with van der Waals surface area (Å²) in [6, 6.07) is 5.63. The summed E-state index contributed by atoms with van der Waals surface area (Å²) >= 11 is 17.5. The highest BCUT2D eigenvalue weighted by Crippen LogP contribution is 2.34. The first-order valence-corrected chi connectivity index (χ1v) is 7.35. The summed E-state index contributed by atoms with van der Waals surface area (Å²) < 4.78 is 12.9. The fraction of sp³-hybridized carbons (Fsp3) is 0.0714. The number of hydrogen-bond donors (Lipinski definition) is 2. The van der Waals surface area contributed by atoms with E-state index < -0.39 is 5.91 Å². The number of nitrogens with one attached hydrogen (secondary N) is 1. The normalized spacial score (nSPS) is 11.4. The molecule has 23 heavy (non-hydrogen) atoms. The molecule has 3 N–H and O–H groups in total. The molecule has 0 atom stereocenters. The first-order valence-electron chi connectivity index (χ1n) is 6.21. The molecule has 2 aromatic rings. The van der Waals surface area contributed by atoms with Gasteiger partial charge in [0.05, 0.1) is 16.4 Å². The molecule has 0 saturated heterocycles. The summed E-state index contributed by atoms with van der Waals surface area (Å²) in [5.41, 5.74) is 8.78. The predicted molar refractivity (Wildman–Crippen MR) is 89.8 cm³/mol. The van der Waals surface area contributed by atoms with Crippen LogP contribution in [0.2, 0.25) is 15.2 Å².